The molecule has 0 spiro atoms. The van der Waals surface area contributed by atoms with Crippen molar-refractivity contribution < 1.29 is 18.0 Å². The van der Waals surface area contributed by atoms with Crippen LogP contribution in [-0.2, 0) is 21.2 Å². The molecule has 1 unspecified atom stereocenters. The first-order chi connectivity index (χ1) is 17.2. The lowest BCUT2D eigenvalue weighted by atomic mass is 9.97. The molecule has 0 aromatic heterocycles. The van der Waals surface area contributed by atoms with Gasteiger partial charge in [-0.15, -0.1) is 0 Å². The lowest BCUT2D eigenvalue weighted by Gasteiger charge is -2.24. The van der Waals surface area contributed by atoms with Crippen LogP contribution in [-0.4, -0.2) is 37.8 Å². The zero-order valence-electron chi connectivity index (χ0n) is 19.7. The topological polar surface area (TPSA) is 122 Å². The number of carbonyl (C=O) groups excluding carboxylic acids is 2. The largest absolute Gasteiger partial charge is 0.324 e. The Balaban J connectivity index is 1.52. The molecule has 1 fully saturated rings. The molecule has 0 bridgehead atoms. The standard InChI is InChI=1S/C26H27ClN4O4S/c1-2-17-16-20(13-14-21(17)22-6-3-4-8-24(22)36(28,34)35)29-25(32)23-7-5-15-31(23)26(33)30-19-11-9-18(27)10-12-19/h3-4,6,8-14,16,23H,2,5,7,15H2,1H3,(H,29,32)(H,30,33)(H2,28,34,35). The number of halogens is 1. The van der Waals surface area contributed by atoms with Gasteiger partial charge in [-0.1, -0.05) is 42.8 Å². The highest BCUT2D eigenvalue weighted by atomic mass is 35.5. The number of likely N-dealkylation sites (tertiary alicyclic amines) is 1. The van der Waals surface area contributed by atoms with E-state index in [2.05, 4.69) is 10.6 Å². The van der Waals surface area contributed by atoms with Crippen LogP contribution < -0.4 is 15.8 Å². The Morgan fingerprint density at radius 2 is 1.69 bits per heavy atom. The highest BCUT2D eigenvalue weighted by Gasteiger charge is 2.34. The van der Waals surface area contributed by atoms with Crippen LogP contribution in [0.5, 0.6) is 0 Å². The van der Waals surface area contributed by atoms with E-state index in [1.807, 2.05) is 13.0 Å². The molecule has 3 amide bonds. The summed E-state index contributed by atoms with van der Waals surface area (Å²) in [5.74, 6) is -0.279. The maximum Gasteiger partial charge on any atom is 0.322 e. The zero-order valence-corrected chi connectivity index (χ0v) is 21.3. The van der Waals surface area contributed by atoms with E-state index in [-0.39, 0.29) is 16.8 Å². The molecule has 10 heteroatoms. The van der Waals surface area contributed by atoms with Gasteiger partial charge >= 0.3 is 6.03 Å². The van der Waals surface area contributed by atoms with Gasteiger partial charge in [0, 0.05) is 28.5 Å². The van der Waals surface area contributed by atoms with Gasteiger partial charge in [0.15, 0.2) is 0 Å². The van der Waals surface area contributed by atoms with Gasteiger partial charge in [0.1, 0.15) is 6.04 Å². The van der Waals surface area contributed by atoms with E-state index in [4.69, 9.17) is 16.7 Å². The van der Waals surface area contributed by atoms with E-state index in [1.165, 1.54) is 11.0 Å². The number of sulfonamides is 1. The van der Waals surface area contributed by atoms with Gasteiger partial charge in [-0.05, 0) is 72.9 Å². The molecular weight excluding hydrogens is 500 g/mol. The van der Waals surface area contributed by atoms with Crippen molar-refractivity contribution in [2.45, 2.75) is 37.1 Å². The van der Waals surface area contributed by atoms with E-state index < -0.39 is 16.1 Å². The fraction of sp³-hybridized carbons (Fsp3) is 0.231. The summed E-state index contributed by atoms with van der Waals surface area (Å²) in [5.41, 5.74) is 3.25. The van der Waals surface area contributed by atoms with Crippen LogP contribution in [0.2, 0.25) is 5.02 Å². The molecule has 1 aliphatic rings. The molecule has 36 heavy (non-hydrogen) atoms. The van der Waals surface area contributed by atoms with Crippen LogP contribution in [0.4, 0.5) is 16.2 Å². The maximum absolute atomic E-state index is 13.1. The molecule has 1 aliphatic heterocycles. The van der Waals surface area contributed by atoms with E-state index in [0.717, 1.165) is 17.5 Å². The Hall–Kier alpha value is -3.40. The molecule has 0 radical (unpaired) electrons. The summed E-state index contributed by atoms with van der Waals surface area (Å²) in [6, 6.07) is 17.7. The summed E-state index contributed by atoms with van der Waals surface area (Å²) >= 11 is 5.90. The number of nitrogens with two attached hydrogens (primary N) is 1. The molecule has 8 nitrogen and oxygen atoms in total. The molecule has 1 heterocycles. The number of urea groups is 1. The Kier molecular flexibility index (Phi) is 7.63. The summed E-state index contributed by atoms with van der Waals surface area (Å²) in [7, 11) is -3.91. The van der Waals surface area contributed by atoms with Crippen molar-refractivity contribution in [1.82, 2.24) is 4.90 Å². The third-order valence-corrected chi connectivity index (χ3v) is 7.37. The number of hydrogen-bond donors (Lipinski definition) is 3. The van der Waals surface area contributed by atoms with Crippen LogP contribution in [0, 0.1) is 0 Å². The predicted molar refractivity (Wildman–Crippen MR) is 141 cm³/mol. The number of rotatable bonds is 6. The minimum atomic E-state index is -3.91. The summed E-state index contributed by atoms with van der Waals surface area (Å²) in [5, 5.41) is 11.7. The highest BCUT2D eigenvalue weighted by molar-refractivity contribution is 7.89. The average Bonchev–Trinajstić information content (AvgIpc) is 3.35. The number of nitrogens with one attached hydrogen (secondary N) is 2. The fourth-order valence-electron chi connectivity index (χ4n) is 4.40. The van der Waals surface area contributed by atoms with Gasteiger partial charge in [-0.25, -0.2) is 18.4 Å². The van der Waals surface area contributed by atoms with Crippen molar-refractivity contribution >= 4 is 44.9 Å². The number of nitrogens with zero attached hydrogens (tertiary/aromatic N) is 1. The summed E-state index contributed by atoms with van der Waals surface area (Å²) < 4.78 is 24.2. The molecule has 1 saturated heterocycles. The molecule has 0 saturated carbocycles. The number of benzene rings is 3. The Morgan fingerprint density at radius 1 is 1.00 bits per heavy atom. The fourth-order valence-corrected chi connectivity index (χ4v) is 5.28. The van der Waals surface area contributed by atoms with Crippen LogP contribution in [0.1, 0.15) is 25.3 Å². The number of primary sulfonamides is 1. The molecule has 4 N–H and O–H groups in total. The predicted octanol–water partition coefficient (Wildman–Crippen LogP) is 4.85. The molecule has 4 rings (SSSR count). The number of carbonyl (C=O) groups is 2. The van der Waals surface area contributed by atoms with Crippen LogP contribution in [0.25, 0.3) is 11.1 Å². The number of anilines is 2. The monoisotopic (exact) mass is 526 g/mol. The number of aryl methyl sites for hydroxylation is 1. The molecular formula is C26H27ClN4O4S. The molecule has 3 aromatic carbocycles. The normalized spacial score (nSPS) is 15.5. The first-order valence-corrected chi connectivity index (χ1v) is 13.5. The smallest absolute Gasteiger partial charge is 0.322 e. The second kappa shape index (κ2) is 10.7. The SMILES string of the molecule is CCc1cc(NC(=O)C2CCCN2C(=O)Nc2ccc(Cl)cc2)ccc1-c1ccccc1S(N)(=O)=O. The maximum atomic E-state index is 13.1. The average molecular weight is 527 g/mol. The van der Waals surface area contributed by atoms with Gasteiger partial charge in [0.2, 0.25) is 15.9 Å². The highest BCUT2D eigenvalue weighted by Crippen LogP contribution is 2.32. The van der Waals surface area contributed by atoms with Crippen molar-refractivity contribution in [3.05, 3.63) is 77.3 Å². The third kappa shape index (κ3) is 5.70. The minimum absolute atomic E-state index is 0.0461. The first kappa shape index (κ1) is 25.7. The summed E-state index contributed by atoms with van der Waals surface area (Å²) in [6.45, 7) is 2.42. The second-order valence-corrected chi connectivity index (χ2v) is 10.5. The lowest BCUT2D eigenvalue weighted by molar-refractivity contribution is -0.119. The van der Waals surface area contributed by atoms with Crippen LogP contribution in [0.15, 0.2) is 71.6 Å². The van der Waals surface area contributed by atoms with Crippen LogP contribution >= 0.6 is 11.6 Å². The molecule has 188 valence electrons. The minimum Gasteiger partial charge on any atom is -0.324 e. The Labute approximate surface area is 215 Å². The van der Waals surface area contributed by atoms with Gasteiger partial charge in [0.25, 0.3) is 0 Å². The second-order valence-electron chi connectivity index (χ2n) is 8.54. The Bertz CT molecular complexity index is 1390. The van der Waals surface area contributed by atoms with Gasteiger partial charge in [0.05, 0.1) is 4.90 Å². The quantitative estimate of drug-likeness (QED) is 0.425. The van der Waals surface area contributed by atoms with Gasteiger partial charge in [-0.3, -0.25) is 4.79 Å². The number of amides is 3. The van der Waals surface area contributed by atoms with E-state index in [9.17, 15) is 18.0 Å². The van der Waals surface area contributed by atoms with Crippen LogP contribution in [0.3, 0.4) is 0 Å². The summed E-state index contributed by atoms with van der Waals surface area (Å²) in [6.07, 6.45) is 1.88. The number of hydrogen-bond acceptors (Lipinski definition) is 4. The third-order valence-electron chi connectivity index (χ3n) is 6.15. The van der Waals surface area contributed by atoms with E-state index in [0.29, 0.717) is 41.3 Å². The summed E-state index contributed by atoms with van der Waals surface area (Å²) in [4.78, 5) is 27.5. The van der Waals surface area contributed by atoms with Gasteiger partial charge < -0.3 is 15.5 Å². The van der Waals surface area contributed by atoms with Crippen molar-refractivity contribution in [2.24, 2.45) is 5.14 Å². The van der Waals surface area contributed by atoms with Crippen molar-refractivity contribution in [2.75, 3.05) is 17.2 Å². The lowest BCUT2D eigenvalue weighted by Crippen LogP contribution is -2.45. The molecule has 3 aromatic rings. The zero-order chi connectivity index (χ0) is 25.9. The van der Waals surface area contributed by atoms with E-state index >= 15 is 0 Å². The van der Waals surface area contributed by atoms with Crippen molar-refractivity contribution in [3.8, 4) is 11.1 Å². The molecule has 0 aliphatic carbocycles. The Morgan fingerprint density at radius 3 is 2.39 bits per heavy atom. The molecule has 1 atom stereocenters. The van der Waals surface area contributed by atoms with Crippen molar-refractivity contribution in [3.63, 3.8) is 0 Å². The van der Waals surface area contributed by atoms with Crippen molar-refractivity contribution in [1.29, 1.82) is 0 Å². The van der Waals surface area contributed by atoms with Gasteiger partial charge in [-0.2, -0.15) is 0 Å². The van der Waals surface area contributed by atoms with E-state index in [1.54, 1.807) is 54.6 Å². The first-order valence-electron chi connectivity index (χ1n) is 11.6.